The molecule has 0 amide bonds. The summed E-state index contributed by atoms with van der Waals surface area (Å²) in [5, 5.41) is 0. The molecule has 116 valence electrons. The van der Waals surface area contributed by atoms with Crippen molar-refractivity contribution >= 4 is 0 Å². The third kappa shape index (κ3) is 2.00. The molecular formula is C20H36. The van der Waals surface area contributed by atoms with E-state index in [0.29, 0.717) is 16.2 Å². The van der Waals surface area contributed by atoms with E-state index in [1.165, 1.54) is 44.9 Å². The molecule has 0 nitrogen and oxygen atoms in total. The molecule has 0 aromatic heterocycles. The van der Waals surface area contributed by atoms with E-state index >= 15 is 0 Å². The van der Waals surface area contributed by atoms with Crippen LogP contribution in [0.5, 0.6) is 0 Å². The molecule has 0 saturated heterocycles. The van der Waals surface area contributed by atoms with Gasteiger partial charge in [0.15, 0.2) is 0 Å². The van der Waals surface area contributed by atoms with Crippen LogP contribution in [0.4, 0.5) is 0 Å². The van der Waals surface area contributed by atoms with Crippen molar-refractivity contribution in [3.63, 3.8) is 0 Å². The molecule has 3 rings (SSSR count). The first kappa shape index (κ1) is 14.9. The Hall–Kier alpha value is 0. The van der Waals surface area contributed by atoms with Gasteiger partial charge < -0.3 is 0 Å². The van der Waals surface area contributed by atoms with Gasteiger partial charge >= 0.3 is 0 Å². The Morgan fingerprint density at radius 2 is 1.55 bits per heavy atom. The van der Waals surface area contributed by atoms with Crippen molar-refractivity contribution in [2.24, 2.45) is 39.9 Å². The van der Waals surface area contributed by atoms with Crippen LogP contribution in [0.25, 0.3) is 0 Å². The van der Waals surface area contributed by atoms with Gasteiger partial charge in [0.1, 0.15) is 0 Å². The zero-order chi connectivity index (χ0) is 14.8. The summed E-state index contributed by atoms with van der Waals surface area (Å²) in [6.07, 6.45) is 10.4. The number of fused-ring (bicyclic) bond motifs is 2. The first-order valence-electron chi connectivity index (χ1n) is 9.19. The molecule has 0 N–H and O–H groups in total. The maximum atomic E-state index is 2.66. The fourth-order valence-electron chi connectivity index (χ4n) is 7.04. The molecule has 6 atom stereocenters. The van der Waals surface area contributed by atoms with Crippen LogP contribution in [0.3, 0.4) is 0 Å². The second-order valence-electron chi connectivity index (χ2n) is 10.00. The summed E-state index contributed by atoms with van der Waals surface area (Å²) in [4.78, 5) is 0. The van der Waals surface area contributed by atoms with E-state index in [1.54, 1.807) is 0 Å². The van der Waals surface area contributed by atoms with Gasteiger partial charge in [-0.05, 0) is 78.4 Å². The first-order chi connectivity index (χ1) is 9.19. The van der Waals surface area contributed by atoms with Crippen LogP contribution in [0, 0.1) is 39.9 Å². The van der Waals surface area contributed by atoms with Crippen LogP contribution >= 0.6 is 0 Å². The fourth-order valence-corrected chi connectivity index (χ4v) is 7.04. The second-order valence-corrected chi connectivity index (χ2v) is 10.00. The van der Waals surface area contributed by atoms with Crippen molar-refractivity contribution in [1.82, 2.24) is 0 Å². The first-order valence-corrected chi connectivity index (χ1v) is 9.19. The summed E-state index contributed by atoms with van der Waals surface area (Å²) in [6.45, 7) is 15.5. The molecular weight excluding hydrogens is 240 g/mol. The Labute approximate surface area is 127 Å². The predicted octanol–water partition coefficient (Wildman–Crippen LogP) is 6.30. The Kier molecular flexibility index (Phi) is 3.35. The zero-order valence-electron chi connectivity index (χ0n) is 14.8. The molecule has 3 fully saturated rings. The Balaban J connectivity index is 1.91. The maximum absolute atomic E-state index is 2.66. The van der Waals surface area contributed by atoms with Crippen molar-refractivity contribution in [2.45, 2.75) is 86.5 Å². The van der Waals surface area contributed by atoms with Crippen LogP contribution in [0.1, 0.15) is 86.5 Å². The minimum Gasteiger partial charge on any atom is -0.0622 e. The molecule has 0 heteroatoms. The van der Waals surface area contributed by atoms with Gasteiger partial charge in [0.25, 0.3) is 0 Å². The summed E-state index contributed by atoms with van der Waals surface area (Å²) in [5.74, 6) is 3.89. The fraction of sp³-hybridized carbons (Fsp3) is 1.00. The minimum absolute atomic E-state index is 0.546. The number of rotatable bonds is 1. The van der Waals surface area contributed by atoms with Crippen molar-refractivity contribution in [2.75, 3.05) is 0 Å². The summed E-state index contributed by atoms with van der Waals surface area (Å²) >= 11 is 0. The summed E-state index contributed by atoms with van der Waals surface area (Å²) in [7, 11) is 0. The molecule has 0 heterocycles. The van der Waals surface area contributed by atoms with E-state index in [-0.39, 0.29) is 0 Å². The number of hydrogen-bond acceptors (Lipinski definition) is 0. The SMILES string of the molecule is CC1CC2(C)CC1CCC2C1(C)CCCC(C)(C)C1C. The van der Waals surface area contributed by atoms with Gasteiger partial charge in [-0.1, -0.05) is 48.0 Å². The van der Waals surface area contributed by atoms with E-state index in [0.717, 1.165) is 23.7 Å². The van der Waals surface area contributed by atoms with Crippen LogP contribution in [0.2, 0.25) is 0 Å². The van der Waals surface area contributed by atoms with Crippen LogP contribution < -0.4 is 0 Å². The van der Waals surface area contributed by atoms with Crippen LogP contribution in [-0.2, 0) is 0 Å². The average molecular weight is 277 g/mol. The van der Waals surface area contributed by atoms with Gasteiger partial charge in [-0.25, -0.2) is 0 Å². The van der Waals surface area contributed by atoms with E-state index in [2.05, 4.69) is 41.5 Å². The molecule has 6 unspecified atom stereocenters. The average Bonchev–Trinajstić information content (AvgIpc) is 2.56. The van der Waals surface area contributed by atoms with Crippen molar-refractivity contribution in [1.29, 1.82) is 0 Å². The Morgan fingerprint density at radius 1 is 0.850 bits per heavy atom. The van der Waals surface area contributed by atoms with Crippen LogP contribution in [-0.4, -0.2) is 0 Å². The highest BCUT2D eigenvalue weighted by molar-refractivity contribution is 5.07. The molecule has 0 aliphatic heterocycles. The van der Waals surface area contributed by atoms with Crippen molar-refractivity contribution < 1.29 is 0 Å². The second kappa shape index (κ2) is 4.50. The van der Waals surface area contributed by atoms with E-state index in [1.807, 2.05) is 0 Å². The largest absolute Gasteiger partial charge is 0.0622 e. The molecule has 20 heavy (non-hydrogen) atoms. The van der Waals surface area contributed by atoms with Gasteiger partial charge in [0.05, 0.1) is 0 Å². The summed E-state index contributed by atoms with van der Waals surface area (Å²) < 4.78 is 0. The molecule has 0 spiro atoms. The van der Waals surface area contributed by atoms with Gasteiger partial charge in [0.2, 0.25) is 0 Å². The molecule has 3 aliphatic rings. The van der Waals surface area contributed by atoms with Gasteiger partial charge in [-0.2, -0.15) is 0 Å². The van der Waals surface area contributed by atoms with Crippen molar-refractivity contribution in [3.05, 3.63) is 0 Å². The monoisotopic (exact) mass is 276 g/mol. The molecule has 0 radical (unpaired) electrons. The summed E-state index contributed by atoms with van der Waals surface area (Å²) in [5.41, 5.74) is 1.79. The smallest absolute Gasteiger partial charge is 0.0262 e. The molecule has 3 aliphatic carbocycles. The normalized spacial score (nSPS) is 54.9. The highest BCUT2D eigenvalue weighted by Gasteiger charge is 2.57. The lowest BCUT2D eigenvalue weighted by atomic mass is 9.47. The lowest BCUT2D eigenvalue weighted by Gasteiger charge is -2.58. The lowest BCUT2D eigenvalue weighted by Crippen LogP contribution is -2.50. The van der Waals surface area contributed by atoms with E-state index in [4.69, 9.17) is 0 Å². The standard InChI is InChI=1S/C20H36/c1-14-12-19(5)13-16(14)8-9-17(19)20(6)11-7-10-18(3,4)15(20)2/h14-17H,7-13H2,1-6H3. The molecule has 0 aromatic rings. The highest BCUT2D eigenvalue weighted by Crippen LogP contribution is 2.66. The third-order valence-electron chi connectivity index (χ3n) is 8.48. The van der Waals surface area contributed by atoms with Crippen molar-refractivity contribution in [3.8, 4) is 0 Å². The summed E-state index contributed by atoms with van der Waals surface area (Å²) in [6, 6.07) is 0. The Morgan fingerprint density at radius 3 is 2.25 bits per heavy atom. The third-order valence-corrected chi connectivity index (χ3v) is 8.48. The predicted molar refractivity (Wildman–Crippen MR) is 87.6 cm³/mol. The van der Waals surface area contributed by atoms with E-state index < -0.39 is 0 Å². The maximum Gasteiger partial charge on any atom is -0.0262 e. The topological polar surface area (TPSA) is 0 Å². The number of hydrogen-bond donors (Lipinski definition) is 0. The van der Waals surface area contributed by atoms with Gasteiger partial charge in [0, 0.05) is 0 Å². The lowest BCUT2D eigenvalue weighted by molar-refractivity contribution is -0.0878. The zero-order valence-corrected chi connectivity index (χ0v) is 14.8. The van der Waals surface area contributed by atoms with Crippen LogP contribution in [0.15, 0.2) is 0 Å². The molecule has 0 aromatic carbocycles. The van der Waals surface area contributed by atoms with Gasteiger partial charge in [-0.15, -0.1) is 0 Å². The highest BCUT2D eigenvalue weighted by atomic mass is 14.6. The van der Waals surface area contributed by atoms with Gasteiger partial charge in [-0.3, -0.25) is 0 Å². The minimum atomic E-state index is 0.546. The van der Waals surface area contributed by atoms with E-state index in [9.17, 15) is 0 Å². The molecule has 3 saturated carbocycles. The Bertz CT molecular complexity index is 377. The molecule has 2 bridgehead atoms. The quantitative estimate of drug-likeness (QED) is 0.527.